The Balaban J connectivity index is 1.32. The zero-order valence-electron chi connectivity index (χ0n) is 26.3. The van der Waals surface area contributed by atoms with Crippen molar-refractivity contribution in [1.29, 1.82) is 0 Å². The number of rotatable bonds is 21. The Morgan fingerprint density at radius 1 is 0.568 bits per heavy atom. The molecule has 0 fully saturated rings. The van der Waals surface area contributed by atoms with Crippen LogP contribution >= 0.6 is 0 Å². The molecule has 238 valence electrons. The molecule has 3 aromatic carbocycles. The maximum atomic E-state index is 12.8. The van der Waals surface area contributed by atoms with Crippen LogP contribution in [0, 0.1) is 0 Å². The molecule has 3 rings (SSSR count). The quantitative estimate of drug-likeness (QED) is 0.118. The summed E-state index contributed by atoms with van der Waals surface area (Å²) in [6, 6.07) is 19.5. The molecule has 0 heterocycles. The van der Waals surface area contributed by atoms with Gasteiger partial charge >= 0.3 is 6.03 Å². The first-order valence-corrected chi connectivity index (χ1v) is 16.4. The Bertz CT molecular complexity index is 1230. The number of hydrogen-bond donors (Lipinski definition) is 2. The largest absolute Gasteiger partial charge is 0.508 e. The van der Waals surface area contributed by atoms with E-state index in [0.717, 1.165) is 24.2 Å². The van der Waals surface area contributed by atoms with Gasteiger partial charge in [0.15, 0.2) is 0 Å². The lowest BCUT2D eigenvalue weighted by molar-refractivity contribution is -0.118. The van der Waals surface area contributed by atoms with Gasteiger partial charge in [-0.15, -0.1) is 0 Å². The van der Waals surface area contributed by atoms with Crippen molar-refractivity contribution >= 4 is 17.6 Å². The Kier molecular flexibility index (Phi) is 15.7. The maximum Gasteiger partial charge on any atom is 0.326 e. The number of carbonyl (C=O) groups is 2. The minimum absolute atomic E-state index is 0.177. The summed E-state index contributed by atoms with van der Waals surface area (Å²) in [5.41, 5.74) is 6.00. The number of anilines is 1. The van der Waals surface area contributed by atoms with E-state index in [1.165, 1.54) is 77.0 Å². The van der Waals surface area contributed by atoms with Crippen LogP contribution in [-0.2, 0) is 4.79 Å². The first kappa shape index (κ1) is 34.5. The van der Waals surface area contributed by atoms with Crippen molar-refractivity contribution in [2.24, 2.45) is 5.73 Å². The molecule has 0 spiro atoms. The highest BCUT2D eigenvalue weighted by molar-refractivity contribution is 6.13. The van der Waals surface area contributed by atoms with Gasteiger partial charge in [-0.2, -0.15) is 0 Å². The van der Waals surface area contributed by atoms with Gasteiger partial charge in [-0.3, -0.25) is 4.79 Å². The van der Waals surface area contributed by atoms with Gasteiger partial charge in [0.25, 0.3) is 0 Å². The molecule has 44 heavy (non-hydrogen) atoms. The lowest BCUT2D eigenvalue weighted by Crippen LogP contribution is -2.40. The van der Waals surface area contributed by atoms with Crippen LogP contribution in [0.3, 0.4) is 0 Å². The number of carbonyl (C=O) groups excluding carboxylic acids is 2. The molecule has 0 saturated carbocycles. The third-order valence-electron chi connectivity index (χ3n) is 7.69. The fourth-order valence-corrected chi connectivity index (χ4v) is 5.18. The Hall–Kier alpha value is -4.00. The Morgan fingerprint density at radius 2 is 0.909 bits per heavy atom. The number of benzene rings is 3. The molecule has 7 heteroatoms. The lowest BCUT2D eigenvalue weighted by Gasteiger charge is -2.19. The van der Waals surface area contributed by atoms with E-state index in [4.69, 9.17) is 15.2 Å². The molecule has 7 nitrogen and oxygen atoms in total. The fourth-order valence-electron chi connectivity index (χ4n) is 5.18. The van der Waals surface area contributed by atoms with Crippen LogP contribution in [0.1, 0.15) is 110 Å². The summed E-state index contributed by atoms with van der Waals surface area (Å²) >= 11 is 0. The summed E-state index contributed by atoms with van der Waals surface area (Å²) < 4.78 is 11.7. The van der Waals surface area contributed by atoms with Crippen molar-refractivity contribution in [1.82, 2.24) is 0 Å². The van der Waals surface area contributed by atoms with Gasteiger partial charge in [-0.1, -0.05) is 96.8 Å². The molecule has 3 aromatic rings. The molecule has 0 aliphatic rings. The second-order valence-corrected chi connectivity index (χ2v) is 11.4. The number of nitrogens with zero attached hydrogens (tertiary/aromatic N) is 1. The molecule has 0 atom stereocenters. The number of urea groups is 1. The number of hydrogen-bond acceptors (Lipinski definition) is 5. The van der Waals surface area contributed by atoms with Crippen LogP contribution in [0.2, 0.25) is 0 Å². The van der Waals surface area contributed by atoms with E-state index in [1.807, 2.05) is 0 Å². The smallest absolute Gasteiger partial charge is 0.326 e. The molecular weight excluding hydrogens is 552 g/mol. The number of phenolic OH excluding ortho intramolecular Hbond substituents is 1. The van der Waals surface area contributed by atoms with Crippen LogP contribution < -0.4 is 20.1 Å². The molecule has 0 aliphatic carbocycles. The third-order valence-corrected chi connectivity index (χ3v) is 7.69. The summed E-state index contributed by atoms with van der Waals surface area (Å²) in [5.74, 6) is 2.29. The summed E-state index contributed by atoms with van der Waals surface area (Å²) in [4.78, 5) is 26.0. The number of primary amides is 1. The average Bonchev–Trinajstić information content (AvgIpc) is 3.02. The molecule has 0 saturated heterocycles. The average molecular weight is 603 g/mol. The van der Waals surface area contributed by atoms with Gasteiger partial charge in [0, 0.05) is 6.42 Å². The predicted octanol–water partition coefficient (Wildman–Crippen LogP) is 10.6. The molecule has 0 aliphatic heterocycles. The number of imide groups is 1. The van der Waals surface area contributed by atoms with E-state index in [2.05, 4.69) is 6.92 Å². The predicted molar refractivity (Wildman–Crippen MR) is 178 cm³/mol. The minimum atomic E-state index is -0.783. The number of amides is 3. The van der Waals surface area contributed by atoms with Gasteiger partial charge in [-0.25, -0.2) is 9.69 Å². The fraction of sp³-hybridized carbons (Fsp3) is 0.459. The Morgan fingerprint density at radius 3 is 1.30 bits per heavy atom. The SMILES string of the molecule is CCCCCCCCCCCCCCCCCC(=O)N(C(N)=O)c1ccc(Oc2ccc(Oc3ccc(O)cc3)cc2)cc1. The van der Waals surface area contributed by atoms with E-state index in [1.54, 1.807) is 72.8 Å². The highest BCUT2D eigenvalue weighted by Gasteiger charge is 2.20. The van der Waals surface area contributed by atoms with Crippen molar-refractivity contribution in [2.45, 2.75) is 110 Å². The summed E-state index contributed by atoms with van der Waals surface area (Å²) in [7, 11) is 0. The van der Waals surface area contributed by atoms with Crippen LogP contribution in [0.4, 0.5) is 10.5 Å². The topological polar surface area (TPSA) is 102 Å². The Labute approximate surface area is 263 Å². The molecule has 0 unspecified atom stereocenters. The third kappa shape index (κ3) is 13.1. The van der Waals surface area contributed by atoms with E-state index >= 15 is 0 Å². The second kappa shape index (κ2) is 20.0. The molecular formula is C37H50N2O5. The molecule has 0 aromatic heterocycles. The zero-order chi connectivity index (χ0) is 31.4. The number of ether oxygens (including phenoxy) is 2. The van der Waals surface area contributed by atoms with Crippen LogP contribution in [-0.4, -0.2) is 17.0 Å². The lowest BCUT2D eigenvalue weighted by atomic mass is 10.0. The van der Waals surface area contributed by atoms with Gasteiger partial charge in [0.1, 0.15) is 28.7 Å². The molecule has 3 N–H and O–H groups in total. The van der Waals surface area contributed by atoms with Crippen molar-refractivity contribution in [3.05, 3.63) is 72.8 Å². The summed E-state index contributed by atoms with van der Waals surface area (Å²) in [6.45, 7) is 2.26. The van der Waals surface area contributed by atoms with E-state index < -0.39 is 6.03 Å². The normalized spacial score (nSPS) is 10.8. The number of unbranched alkanes of at least 4 members (excludes halogenated alkanes) is 14. The van der Waals surface area contributed by atoms with Crippen LogP contribution in [0.25, 0.3) is 0 Å². The first-order valence-electron chi connectivity index (χ1n) is 16.4. The van der Waals surface area contributed by atoms with Crippen molar-refractivity contribution in [3.63, 3.8) is 0 Å². The first-order chi connectivity index (χ1) is 21.5. The van der Waals surface area contributed by atoms with E-state index in [-0.39, 0.29) is 18.1 Å². The highest BCUT2D eigenvalue weighted by Crippen LogP contribution is 2.29. The summed E-state index contributed by atoms with van der Waals surface area (Å²) in [6.07, 6.45) is 19.2. The summed E-state index contributed by atoms with van der Waals surface area (Å²) in [5, 5.41) is 9.40. The number of nitrogens with two attached hydrogens (primary N) is 1. The monoisotopic (exact) mass is 602 g/mol. The second-order valence-electron chi connectivity index (χ2n) is 11.4. The van der Waals surface area contributed by atoms with Crippen LogP contribution in [0.15, 0.2) is 72.8 Å². The molecule has 0 bridgehead atoms. The molecule has 0 radical (unpaired) electrons. The number of phenols is 1. The van der Waals surface area contributed by atoms with E-state index in [9.17, 15) is 14.7 Å². The van der Waals surface area contributed by atoms with E-state index in [0.29, 0.717) is 28.7 Å². The molecule has 3 amide bonds. The van der Waals surface area contributed by atoms with Gasteiger partial charge in [0.2, 0.25) is 5.91 Å². The maximum absolute atomic E-state index is 12.8. The standard InChI is InChI=1S/C37H50N2O5/c1-2-3-4-5-6-7-8-9-10-11-12-13-14-15-16-17-36(41)39(37(38)42)30-18-22-32(23-19-30)43-34-26-28-35(29-27-34)44-33-24-20-31(40)21-25-33/h18-29,40H,2-17H2,1H3,(H2,38,42). The minimum Gasteiger partial charge on any atom is -0.508 e. The zero-order valence-corrected chi connectivity index (χ0v) is 26.3. The van der Waals surface area contributed by atoms with Crippen molar-refractivity contribution < 1.29 is 24.2 Å². The van der Waals surface area contributed by atoms with Gasteiger partial charge in [0.05, 0.1) is 5.69 Å². The highest BCUT2D eigenvalue weighted by atomic mass is 16.5. The van der Waals surface area contributed by atoms with Crippen molar-refractivity contribution in [3.8, 4) is 28.7 Å². The van der Waals surface area contributed by atoms with Crippen LogP contribution in [0.5, 0.6) is 28.7 Å². The number of aromatic hydroxyl groups is 1. The van der Waals surface area contributed by atoms with Crippen molar-refractivity contribution in [2.75, 3.05) is 4.90 Å². The van der Waals surface area contributed by atoms with Gasteiger partial charge in [-0.05, 0) is 79.2 Å². The van der Waals surface area contributed by atoms with Gasteiger partial charge < -0.3 is 20.3 Å².